The Kier molecular flexibility index (Phi) is 7.81. The molecule has 0 radical (unpaired) electrons. The van der Waals surface area contributed by atoms with Gasteiger partial charge in [0.1, 0.15) is 11.6 Å². The van der Waals surface area contributed by atoms with Gasteiger partial charge in [-0.05, 0) is 37.3 Å². The van der Waals surface area contributed by atoms with Gasteiger partial charge in [-0.3, -0.25) is 9.20 Å². The monoisotopic (exact) mass is 371 g/mol. The Labute approximate surface area is 151 Å². The summed E-state index contributed by atoms with van der Waals surface area (Å²) in [6.45, 7) is 2.46. The second kappa shape index (κ2) is 9.85. The molecular formula is C18H27F2N3OS. The lowest BCUT2D eigenvalue weighted by molar-refractivity contribution is 0.413. The quantitative estimate of drug-likeness (QED) is 0.597. The van der Waals surface area contributed by atoms with E-state index in [4.69, 9.17) is 0 Å². The van der Waals surface area contributed by atoms with Gasteiger partial charge in [0, 0.05) is 47.5 Å². The Morgan fingerprint density at radius 3 is 2.84 bits per heavy atom. The molecular weight excluding hydrogens is 344 g/mol. The first-order chi connectivity index (χ1) is 12.0. The van der Waals surface area contributed by atoms with E-state index >= 15 is 0 Å². The van der Waals surface area contributed by atoms with Crippen molar-refractivity contribution in [3.8, 4) is 0 Å². The predicted octanol–water partition coefficient (Wildman–Crippen LogP) is 2.75. The second-order valence-corrected chi connectivity index (χ2v) is 8.29. The molecule has 1 aliphatic rings. The van der Waals surface area contributed by atoms with E-state index in [2.05, 4.69) is 15.6 Å². The molecule has 1 fully saturated rings. The third kappa shape index (κ3) is 6.06. The summed E-state index contributed by atoms with van der Waals surface area (Å²) in [4.78, 5) is 4.20. The average molecular weight is 371 g/mol. The molecule has 1 aliphatic carbocycles. The molecule has 4 nitrogen and oxygen atoms in total. The summed E-state index contributed by atoms with van der Waals surface area (Å²) in [6, 6.07) is 3.89. The largest absolute Gasteiger partial charge is 0.356 e. The molecule has 3 atom stereocenters. The molecule has 0 spiro atoms. The number of hydrogen-bond donors (Lipinski definition) is 2. The highest BCUT2D eigenvalue weighted by Gasteiger charge is 2.25. The van der Waals surface area contributed by atoms with Gasteiger partial charge in [-0.15, -0.1) is 0 Å². The van der Waals surface area contributed by atoms with Crippen LogP contribution in [0.3, 0.4) is 0 Å². The van der Waals surface area contributed by atoms with Crippen LogP contribution in [0.25, 0.3) is 0 Å². The molecule has 2 rings (SSSR count). The van der Waals surface area contributed by atoms with Crippen LogP contribution < -0.4 is 10.6 Å². The molecule has 1 aromatic rings. The minimum absolute atomic E-state index is 0.252. The van der Waals surface area contributed by atoms with Gasteiger partial charge in [0.15, 0.2) is 5.96 Å². The molecule has 0 aliphatic heterocycles. The number of guanidine groups is 1. The number of nitrogens with one attached hydrogen (secondary N) is 2. The van der Waals surface area contributed by atoms with Crippen LogP contribution in [0.15, 0.2) is 23.2 Å². The van der Waals surface area contributed by atoms with Crippen molar-refractivity contribution in [2.75, 3.05) is 19.3 Å². The Hall–Kier alpha value is -1.50. The molecule has 0 heterocycles. The summed E-state index contributed by atoms with van der Waals surface area (Å²) >= 11 is 0. The molecule has 0 amide bonds. The van der Waals surface area contributed by atoms with Gasteiger partial charge in [-0.1, -0.05) is 19.4 Å². The summed E-state index contributed by atoms with van der Waals surface area (Å²) < 4.78 is 38.6. The minimum atomic E-state index is -0.758. The van der Waals surface area contributed by atoms with Crippen LogP contribution in [0.1, 0.15) is 38.2 Å². The normalized spacial score (nSPS) is 22.5. The van der Waals surface area contributed by atoms with Crippen molar-refractivity contribution in [1.29, 1.82) is 0 Å². The summed E-state index contributed by atoms with van der Waals surface area (Å²) in [5.74, 6) is 0.272. The van der Waals surface area contributed by atoms with Crippen molar-refractivity contribution in [3.05, 3.63) is 35.4 Å². The van der Waals surface area contributed by atoms with Gasteiger partial charge in [-0.2, -0.15) is 0 Å². The molecule has 2 N–H and O–H groups in total. The highest BCUT2D eigenvalue weighted by molar-refractivity contribution is 7.85. The van der Waals surface area contributed by atoms with Gasteiger partial charge in [0.05, 0.1) is 0 Å². The zero-order chi connectivity index (χ0) is 18.2. The third-order valence-electron chi connectivity index (χ3n) is 4.55. The van der Waals surface area contributed by atoms with E-state index in [1.807, 2.05) is 6.92 Å². The molecule has 1 aromatic carbocycles. The zero-order valence-corrected chi connectivity index (χ0v) is 15.7. The highest BCUT2D eigenvalue weighted by Crippen LogP contribution is 2.23. The van der Waals surface area contributed by atoms with E-state index in [1.54, 1.807) is 7.05 Å². The van der Waals surface area contributed by atoms with Crippen LogP contribution in [0.2, 0.25) is 0 Å². The summed E-state index contributed by atoms with van der Waals surface area (Å²) in [6.07, 6.45) is 4.44. The average Bonchev–Trinajstić information content (AvgIpc) is 2.62. The maximum absolute atomic E-state index is 13.6. The van der Waals surface area contributed by atoms with Gasteiger partial charge in [0.25, 0.3) is 0 Å². The minimum Gasteiger partial charge on any atom is -0.356 e. The molecule has 140 valence electrons. The van der Waals surface area contributed by atoms with Crippen molar-refractivity contribution in [3.63, 3.8) is 0 Å². The lowest BCUT2D eigenvalue weighted by Crippen LogP contribution is -2.47. The number of hydrogen-bond acceptors (Lipinski definition) is 2. The van der Waals surface area contributed by atoms with Gasteiger partial charge >= 0.3 is 0 Å². The topological polar surface area (TPSA) is 53.5 Å². The molecule has 7 heteroatoms. The fourth-order valence-corrected chi connectivity index (χ4v) is 4.53. The van der Waals surface area contributed by atoms with Crippen LogP contribution in [-0.4, -0.2) is 40.8 Å². The summed E-state index contributed by atoms with van der Waals surface area (Å²) in [5, 5.41) is 6.80. The smallest absolute Gasteiger partial charge is 0.191 e. The number of nitrogens with zero attached hydrogens (tertiary/aromatic N) is 1. The summed E-state index contributed by atoms with van der Waals surface area (Å²) in [5.41, 5.74) is 0.473. The lowest BCUT2D eigenvalue weighted by Gasteiger charge is -2.30. The maximum atomic E-state index is 13.6. The van der Waals surface area contributed by atoms with Crippen LogP contribution in [-0.2, 0) is 17.2 Å². The Morgan fingerprint density at radius 2 is 2.16 bits per heavy atom. The molecule has 3 unspecified atom stereocenters. The van der Waals surface area contributed by atoms with E-state index in [1.165, 1.54) is 12.1 Å². The van der Waals surface area contributed by atoms with Crippen molar-refractivity contribution >= 4 is 16.8 Å². The highest BCUT2D eigenvalue weighted by atomic mass is 32.2. The van der Waals surface area contributed by atoms with Crippen molar-refractivity contribution in [2.45, 2.75) is 50.3 Å². The van der Waals surface area contributed by atoms with Crippen LogP contribution in [0, 0.1) is 11.6 Å². The molecule has 1 saturated carbocycles. The van der Waals surface area contributed by atoms with E-state index in [-0.39, 0.29) is 11.3 Å². The van der Waals surface area contributed by atoms with E-state index in [0.717, 1.165) is 31.7 Å². The standard InChI is InChI=1S/C18H27F2N3OS/c1-3-25(24)16-6-4-5-15(12-16)23-18(21-2)22-10-9-13-7-8-14(19)11-17(13)20/h7-8,11,15-16H,3-6,9-10,12H2,1-2H3,(H2,21,22,23). The van der Waals surface area contributed by atoms with E-state index in [0.29, 0.717) is 30.2 Å². The zero-order valence-electron chi connectivity index (χ0n) is 14.9. The Balaban J connectivity index is 1.81. The third-order valence-corrected chi connectivity index (χ3v) is 6.29. The first-order valence-corrected chi connectivity index (χ1v) is 10.2. The number of rotatable bonds is 6. The fraction of sp³-hybridized carbons (Fsp3) is 0.611. The Morgan fingerprint density at radius 1 is 1.36 bits per heavy atom. The van der Waals surface area contributed by atoms with Crippen molar-refractivity contribution in [2.24, 2.45) is 4.99 Å². The van der Waals surface area contributed by atoms with Crippen molar-refractivity contribution < 1.29 is 13.0 Å². The van der Waals surface area contributed by atoms with E-state index in [9.17, 15) is 13.0 Å². The lowest BCUT2D eigenvalue weighted by atomic mass is 9.95. The molecule has 0 saturated heterocycles. The second-order valence-electron chi connectivity index (χ2n) is 6.28. The predicted molar refractivity (Wildman–Crippen MR) is 99.3 cm³/mol. The fourth-order valence-electron chi connectivity index (χ4n) is 3.18. The van der Waals surface area contributed by atoms with Gasteiger partial charge in [-0.25, -0.2) is 8.78 Å². The molecule has 25 heavy (non-hydrogen) atoms. The number of benzene rings is 1. The first kappa shape index (κ1) is 19.8. The maximum Gasteiger partial charge on any atom is 0.191 e. The van der Waals surface area contributed by atoms with Crippen LogP contribution >= 0.6 is 0 Å². The molecule has 0 bridgehead atoms. The summed E-state index contributed by atoms with van der Waals surface area (Å²) in [7, 11) is 0.934. The van der Waals surface area contributed by atoms with Crippen molar-refractivity contribution in [1.82, 2.24) is 10.6 Å². The van der Waals surface area contributed by atoms with Gasteiger partial charge in [0.2, 0.25) is 0 Å². The molecule has 0 aromatic heterocycles. The number of halogens is 2. The first-order valence-electron chi connectivity index (χ1n) is 8.81. The SMILES string of the molecule is CCS(=O)C1CCCC(NC(=NC)NCCc2ccc(F)cc2F)C1. The van der Waals surface area contributed by atoms with E-state index < -0.39 is 22.4 Å². The number of aliphatic imine (C=N–C) groups is 1. The van der Waals surface area contributed by atoms with Gasteiger partial charge < -0.3 is 10.6 Å². The van der Waals surface area contributed by atoms with Crippen LogP contribution in [0.4, 0.5) is 8.78 Å². The van der Waals surface area contributed by atoms with Crippen LogP contribution in [0.5, 0.6) is 0 Å². The Bertz CT molecular complexity index is 624.